The number of oxazole rings is 1. The van der Waals surface area contributed by atoms with Gasteiger partial charge >= 0.3 is 0 Å². The average molecular weight is 258 g/mol. The number of nitrogens with one attached hydrogen (secondary N) is 1. The fourth-order valence-electron chi connectivity index (χ4n) is 2.74. The van der Waals surface area contributed by atoms with Gasteiger partial charge in [-0.2, -0.15) is 0 Å². The smallest absolute Gasteiger partial charge is 0.198 e. The molecular formula is C16H22N2O. The minimum atomic E-state index is 0.340. The van der Waals surface area contributed by atoms with Crippen molar-refractivity contribution in [1.29, 1.82) is 0 Å². The fourth-order valence-corrected chi connectivity index (χ4v) is 2.74. The van der Waals surface area contributed by atoms with Gasteiger partial charge in [-0.1, -0.05) is 32.8 Å². The summed E-state index contributed by atoms with van der Waals surface area (Å²) in [5.74, 6) is 1.17. The van der Waals surface area contributed by atoms with E-state index in [-0.39, 0.29) is 0 Å². The van der Waals surface area contributed by atoms with Crippen molar-refractivity contribution in [3.63, 3.8) is 0 Å². The average Bonchev–Trinajstić information content (AvgIpc) is 3.04. The molecule has 0 radical (unpaired) electrons. The number of hydrogen-bond donors (Lipinski definition) is 1. The minimum Gasteiger partial charge on any atom is -0.440 e. The molecule has 1 heterocycles. The number of nitrogens with zero attached hydrogens (tertiary/aromatic N) is 1. The summed E-state index contributed by atoms with van der Waals surface area (Å²) in [4.78, 5) is 4.56. The first-order valence-electron chi connectivity index (χ1n) is 7.35. The Labute approximate surface area is 114 Å². The van der Waals surface area contributed by atoms with Crippen LogP contribution in [0.15, 0.2) is 22.6 Å². The summed E-state index contributed by atoms with van der Waals surface area (Å²) >= 11 is 0. The molecule has 2 aromatic rings. The van der Waals surface area contributed by atoms with Crippen LogP contribution in [-0.4, -0.2) is 11.0 Å². The van der Waals surface area contributed by atoms with E-state index >= 15 is 0 Å². The number of hydrogen-bond acceptors (Lipinski definition) is 3. The number of aromatic nitrogens is 1. The highest BCUT2D eigenvalue weighted by molar-refractivity contribution is 5.73. The van der Waals surface area contributed by atoms with Crippen molar-refractivity contribution in [3.8, 4) is 0 Å². The molecule has 1 saturated carbocycles. The van der Waals surface area contributed by atoms with Crippen LogP contribution in [0, 0.1) is 0 Å². The second-order valence-corrected chi connectivity index (χ2v) is 5.87. The van der Waals surface area contributed by atoms with Crippen molar-refractivity contribution in [1.82, 2.24) is 10.3 Å². The molecule has 1 aliphatic carbocycles. The van der Waals surface area contributed by atoms with Crippen LogP contribution < -0.4 is 5.32 Å². The molecule has 1 N–H and O–H groups in total. The second-order valence-electron chi connectivity index (χ2n) is 5.87. The molecule has 0 unspecified atom stereocenters. The van der Waals surface area contributed by atoms with Gasteiger partial charge in [0.25, 0.3) is 0 Å². The highest BCUT2D eigenvalue weighted by Gasteiger charge is 2.14. The van der Waals surface area contributed by atoms with Gasteiger partial charge in [0.15, 0.2) is 11.5 Å². The zero-order valence-corrected chi connectivity index (χ0v) is 11.8. The molecule has 19 heavy (non-hydrogen) atoms. The maximum absolute atomic E-state index is 5.73. The minimum absolute atomic E-state index is 0.340. The van der Waals surface area contributed by atoms with Gasteiger partial charge in [-0.25, -0.2) is 4.98 Å². The Balaban J connectivity index is 1.73. The molecule has 1 aromatic carbocycles. The standard InChI is InChI=1S/C16H22N2O/c1-11(2)16-18-14-9-12(7-8-15(14)19-16)10-17-13-5-3-4-6-13/h7-9,11,13,17H,3-6,10H2,1-2H3. The molecular weight excluding hydrogens is 236 g/mol. The predicted octanol–water partition coefficient (Wildman–Crippen LogP) is 3.98. The summed E-state index contributed by atoms with van der Waals surface area (Å²) in [6, 6.07) is 7.03. The van der Waals surface area contributed by atoms with Crippen LogP contribution >= 0.6 is 0 Å². The third-order valence-corrected chi connectivity index (χ3v) is 3.91. The van der Waals surface area contributed by atoms with Crippen LogP contribution in [0.1, 0.15) is 56.9 Å². The first-order valence-corrected chi connectivity index (χ1v) is 7.35. The van der Waals surface area contributed by atoms with Gasteiger partial charge in [0.05, 0.1) is 0 Å². The van der Waals surface area contributed by atoms with Crippen LogP contribution in [0.4, 0.5) is 0 Å². The molecule has 1 fully saturated rings. The van der Waals surface area contributed by atoms with E-state index in [0.717, 1.165) is 23.5 Å². The lowest BCUT2D eigenvalue weighted by Crippen LogP contribution is -2.25. The molecule has 3 heteroatoms. The van der Waals surface area contributed by atoms with Crippen LogP contribution in [-0.2, 0) is 6.54 Å². The summed E-state index contributed by atoms with van der Waals surface area (Å²) in [6.45, 7) is 5.14. The van der Waals surface area contributed by atoms with Gasteiger partial charge in [-0.3, -0.25) is 0 Å². The SMILES string of the molecule is CC(C)c1nc2cc(CNC3CCCC3)ccc2o1. The van der Waals surface area contributed by atoms with Gasteiger partial charge in [0.2, 0.25) is 0 Å². The molecule has 0 amide bonds. The van der Waals surface area contributed by atoms with Crippen LogP contribution in [0.5, 0.6) is 0 Å². The Morgan fingerprint density at radius 2 is 2.11 bits per heavy atom. The maximum Gasteiger partial charge on any atom is 0.198 e. The summed E-state index contributed by atoms with van der Waals surface area (Å²) in [5, 5.41) is 3.63. The van der Waals surface area contributed by atoms with E-state index in [1.165, 1.54) is 31.2 Å². The second kappa shape index (κ2) is 5.33. The van der Waals surface area contributed by atoms with Crippen molar-refractivity contribution in [3.05, 3.63) is 29.7 Å². The lowest BCUT2D eigenvalue weighted by atomic mass is 10.2. The van der Waals surface area contributed by atoms with Crippen LogP contribution in [0.2, 0.25) is 0 Å². The van der Waals surface area contributed by atoms with Crippen molar-refractivity contribution < 1.29 is 4.42 Å². The van der Waals surface area contributed by atoms with Crippen molar-refractivity contribution in [2.45, 2.75) is 58.0 Å². The van der Waals surface area contributed by atoms with Crippen LogP contribution in [0.25, 0.3) is 11.1 Å². The number of rotatable bonds is 4. The topological polar surface area (TPSA) is 38.1 Å². The first-order chi connectivity index (χ1) is 9.22. The molecule has 1 aromatic heterocycles. The largest absolute Gasteiger partial charge is 0.440 e. The molecule has 0 saturated heterocycles. The highest BCUT2D eigenvalue weighted by Crippen LogP contribution is 2.22. The Hall–Kier alpha value is -1.35. The van der Waals surface area contributed by atoms with E-state index < -0.39 is 0 Å². The molecule has 0 aliphatic heterocycles. The highest BCUT2D eigenvalue weighted by atomic mass is 16.3. The predicted molar refractivity (Wildman–Crippen MR) is 77.2 cm³/mol. The zero-order valence-electron chi connectivity index (χ0n) is 11.8. The lowest BCUT2D eigenvalue weighted by molar-refractivity contribution is 0.501. The van der Waals surface area contributed by atoms with Gasteiger partial charge in [0.1, 0.15) is 5.52 Å². The normalized spacial score (nSPS) is 16.8. The lowest BCUT2D eigenvalue weighted by Gasteiger charge is -2.11. The Morgan fingerprint density at radius 1 is 1.32 bits per heavy atom. The Kier molecular flexibility index (Phi) is 3.56. The molecule has 0 bridgehead atoms. The van der Waals surface area contributed by atoms with E-state index in [4.69, 9.17) is 4.42 Å². The van der Waals surface area contributed by atoms with Crippen molar-refractivity contribution in [2.24, 2.45) is 0 Å². The summed E-state index contributed by atoms with van der Waals surface area (Å²) in [6.07, 6.45) is 5.39. The molecule has 1 aliphatic rings. The van der Waals surface area contributed by atoms with Crippen molar-refractivity contribution in [2.75, 3.05) is 0 Å². The van der Waals surface area contributed by atoms with Gasteiger partial charge < -0.3 is 9.73 Å². The number of fused-ring (bicyclic) bond motifs is 1. The maximum atomic E-state index is 5.73. The summed E-state index contributed by atoms with van der Waals surface area (Å²) < 4.78 is 5.73. The zero-order chi connectivity index (χ0) is 13.2. The third-order valence-electron chi connectivity index (χ3n) is 3.91. The quantitative estimate of drug-likeness (QED) is 0.901. The summed E-state index contributed by atoms with van der Waals surface area (Å²) in [5.41, 5.74) is 3.17. The van der Waals surface area contributed by atoms with Gasteiger partial charge in [-0.05, 0) is 30.5 Å². The van der Waals surface area contributed by atoms with Gasteiger partial charge in [-0.15, -0.1) is 0 Å². The van der Waals surface area contributed by atoms with Crippen molar-refractivity contribution >= 4 is 11.1 Å². The number of benzene rings is 1. The van der Waals surface area contributed by atoms with Gasteiger partial charge in [0, 0.05) is 18.5 Å². The molecule has 0 atom stereocenters. The van der Waals surface area contributed by atoms with E-state index in [9.17, 15) is 0 Å². The van der Waals surface area contributed by atoms with Crippen LogP contribution in [0.3, 0.4) is 0 Å². The van der Waals surface area contributed by atoms with E-state index in [0.29, 0.717) is 12.0 Å². The fraction of sp³-hybridized carbons (Fsp3) is 0.562. The third kappa shape index (κ3) is 2.81. The molecule has 3 nitrogen and oxygen atoms in total. The first kappa shape index (κ1) is 12.7. The molecule has 0 spiro atoms. The summed E-state index contributed by atoms with van der Waals surface area (Å²) in [7, 11) is 0. The van der Waals surface area contributed by atoms with E-state index in [1.54, 1.807) is 0 Å². The molecule has 3 rings (SSSR count). The monoisotopic (exact) mass is 258 g/mol. The Morgan fingerprint density at radius 3 is 2.84 bits per heavy atom. The Bertz CT molecular complexity index is 553. The molecule has 102 valence electrons. The van der Waals surface area contributed by atoms with E-state index in [2.05, 4.69) is 36.3 Å². The van der Waals surface area contributed by atoms with E-state index in [1.807, 2.05) is 6.07 Å².